The van der Waals surface area contributed by atoms with E-state index in [0.717, 1.165) is 21.7 Å². The topological polar surface area (TPSA) is 70.2 Å². The van der Waals surface area contributed by atoms with Gasteiger partial charge in [-0.25, -0.2) is 13.8 Å². The first-order valence-corrected chi connectivity index (χ1v) is 11.2. The van der Waals surface area contributed by atoms with E-state index in [0.29, 0.717) is 22.5 Å². The van der Waals surface area contributed by atoms with Gasteiger partial charge in [0.25, 0.3) is 10.0 Å². The van der Waals surface area contributed by atoms with E-state index in [9.17, 15) is 8.42 Å². The zero-order chi connectivity index (χ0) is 19.1. The zero-order valence-corrected chi connectivity index (χ0v) is 17.5. The van der Waals surface area contributed by atoms with Gasteiger partial charge < -0.3 is 0 Å². The van der Waals surface area contributed by atoms with Crippen LogP contribution in [-0.4, -0.2) is 14.5 Å². The highest BCUT2D eigenvalue weighted by molar-refractivity contribution is 7.93. The maximum absolute atomic E-state index is 13.2. The summed E-state index contributed by atoms with van der Waals surface area (Å²) in [4.78, 5) is 2.29. The van der Waals surface area contributed by atoms with Gasteiger partial charge in [0.2, 0.25) is 0 Å². The van der Waals surface area contributed by atoms with Crippen LogP contribution in [0.15, 0.2) is 29.2 Å². The molecule has 2 heterocycles. The van der Waals surface area contributed by atoms with Gasteiger partial charge in [-0.3, -0.25) is 10.1 Å². The van der Waals surface area contributed by atoms with Gasteiger partial charge in [-0.1, -0.05) is 26.0 Å². The molecule has 1 saturated heterocycles. The summed E-state index contributed by atoms with van der Waals surface area (Å²) in [6, 6.07) is 7.92. The summed E-state index contributed by atoms with van der Waals surface area (Å²) in [5.41, 5.74) is 9.09. The minimum Gasteiger partial charge on any atom is -0.280 e. The smallest absolute Gasteiger partial charge is 0.263 e. The van der Waals surface area contributed by atoms with Gasteiger partial charge in [-0.15, -0.1) is 11.3 Å². The van der Waals surface area contributed by atoms with Crippen LogP contribution in [0.3, 0.4) is 0 Å². The summed E-state index contributed by atoms with van der Waals surface area (Å²) in [6.45, 7) is 10.2. The first kappa shape index (κ1) is 19.4. The predicted molar refractivity (Wildman–Crippen MR) is 108 cm³/mol. The molecule has 26 heavy (non-hydrogen) atoms. The van der Waals surface area contributed by atoms with Crippen LogP contribution in [-0.2, 0) is 10.0 Å². The number of hydrogen-bond acceptors (Lipinski definition) is 5. The minimum atomic E-state index is -3.65. The van der Waals surface area contributed by atoms with Crippen LogP contribution in [0.4, 0.5) is 5.69 Å². The lowest BCUT2D eigenvalue weighted by atomic mass is 10.0. The molecule has 2 atom stereocenters. The summed E-state index contributed by atoms with van der Waals surface area (Å²) in [5.74, 6) is 0.414. The SMILES string of the molecule is Cc1sc(C)c(S(=O)(=O)Nc2ccc(C(C)C)cc2)c1C1CC(C)NN1. The molecular formula is C19H27N3O2S2. The van der Waals surface area contributed by atoms with E-state index in [1.165, 1.54) is 5.56 Å². The summed E-state index contributed by atoms with van der Waals surface area (Å²) >= 11 is 1.54. The maximum atomic E-state index is 13.2. The van der Waals surface area contributed by atoms with Gasteiger partial charge in [-0.2, -0.15) is 0 Å². The monoisotopic (exact) mass is 393 g/mol. The largest absolute Gasteiger partial charge is 0.280 e. The lowest BCUT2D eigenvalue weighted by Gasteiger charge is -2.15. The minimum absolute atomic E-state index is 0.00448. The van der Waals surface area contributed by atoms with Crippen molar-refractivity contribution in [3.63, 3.8) is 0 Å². The van der Waals surface area contributed by atoms with Crippen molar-refractivity contribution < 1.29 is 8.42 Å². The molecule has 1 aromatic carbocycles. The van der Waals surface area contributed by atoms with Crippen molar-refractivity contribution in [2.24, 2.45) is 0 Å². The Kier molecular flexibility index (Phi) is 5.44. The molecule has 3 rings (SSSR count). The Bertz CT molecular complexity index is 886. The van der Waals surface area contributed by atoms with Crippen molar-refractivity contribution in [2.45, 2.75) is 63.9 Å². The Morgan fingerprint density at radius 1 is 1.12 bits per heavy atom. The van der Waals surface area contributed by atoms with E-state index in [2.05, 4.69) is 36.3 Å². The number of sulfonamides is 1. The molecule has 0 aliphatic carbocycles. The zero-order valence-electron chi connectivity index (χ0n) is 15.9. The van der Waals surface area contributed by atoms with Crippen molar-refractivity contribution in [3.8, 4) is 0 Å². The van der Waals surface area contributed by atoms with Crippen molar-refractivity contribution in [3.05, 3.63) is 45.1 Å². The predicted octanol–water partition coefficient (Wildman–Crippen LogP) is 4.22. The average molecular weight is 394 g/mol. The van der Waals surface area contributed by atoms with Crippen molar-refractivity contribution in [1.29, 1.82) is 0 Å². The van der Waals surface area contributed by atoms with Crippen LogP contribution in [0.2, 0.25) is 0 Å². The van der Waals surface area contributed by atoms with E-state index in [1.54, 1.807) is 11.3 Å². The van der Waals surface area contributed by atoms with E-state index in [4.69, 9.17) is 0 Å². The molecule has 1 aliphatic heterocycles. The number of anilines is 1. The molecule has 2 aromatic rings. The fourth-order valence-corrected chi connectivity index (χ4v) is 6.51. The molecule has 5 nitrogen and oxygen atoms in total. The molecule has 0 radical (unpaired) electrons. The van der Waals surface area contributed by atoms with E-state index >= 15 is 0 Å². The third kappa shape index (κ3) is 3.81. The van der Waals surface area contributed by atoms with Crippen molar-refractivity contribution in [1.82, 2.24) is 10.9 Å². The van der Waals surface area contributed by atoms with Crippen molar-refractivity contribution in [2.75, 3.05) is 4.72 Å². The number of thiophene rings is 1. The molecule has 1 aromatic heterocycles. The van der Waals surface area contributed by atoms with E-state index < -0.39 is 10.0 Å². The number of aryl methyl sites for hydroxylation is 2. The number of hydrogen-bond donors (Lipinski definition) is 3. The summed E-state index contributed by atoms with van der Waals surface area (Å²) in [7, 11) is -3.65. The highest BCUT2D eigenvalue weighted by Crippen LogP contribution is 2.39. The second-order valence-electron chi connectivity index (χ2n) is 7.32. The van der Waals surface area contributed by atoms with Crippen LogP contribution < -0.4 is 15.6 Å². The lowest BCUT2D eigenvalue weighted by molar-refractivity contribution is 0.552. The normalized spacial score (nSPS) is 20.7. The summed E-state index contributed by atoms with van der Waals surface area (Å²) in [5, 5.41) is 0. The fraction of sp³-hybridized carbons (Fsp3) is 0.474. The number of hydrazine groups is 1. The third-order valence-electron chi connectivity index (χ3n) is 4.79. The molecule has 0 amide bonds. The molecule has 0 spiro atoms. The quantitative estimate of drug-likeness (QED) is 0.711. The summed E-state index contributed by atoms with van der Waals surface area (Å²) < 4.78 is 29.1. The fourth-order valence-electron chi connectivity index (χ4n) is 3.46. The number of rotatable bonds is 5. The van der Waals surface area contributed by atoms with Crippen LogP contribution in [0, 0.1) is 13.8 Å². The highest BCUT2D eigenvalue weighted by atomic mass is 32.2. The highest BCUT2D eigenvalue weighted by Gasteiger charge is 2.33. The molecule has 1 aliphatic rings. The Morgan fingerprint density at radius 3 is 2.31 bits per heavy atom. The Balaban J connectivity index is 1.94. The van der Waals surface area contributed by atoms with Crippen molar-refractivity contribution >= 4 is 27.0 Å². The van der Waals surface area contributed by atoms with Gasteiger partial charge >= 0.3 is 0 Å². The van der Waals surface area contributed by atoms with Crippen LogP contribution in [0.5, 0.6) is 0 Å². The van der Waals surface area contributed by atoms with Crippen LogP contribution in [0.1, 0.15) is 60.0 Å². The molecule has 7 heteroatoms. The molecule has 142 valence electrons. The van der Waals surface area contributed by atoms with Crippen LogP contribution in [0.25, 0.3) is 0 Å². The molecule has 0 saturated carbocycles. The Labute approximate surface area is 160 Å². The van der Waals surface area contributed by atoms with Gasteiger partial charge in [0.15, 0.2) is 0 Å². The molecule has 0 bridgehead atoms. The molecule has 2 unspecified atom stereocenters. The molecule has 1 fully saturated rings. The van der Waals surface area contributed by atoms with E-state index in [-0.39, 0.29) is 6.04 Å². The Morgan fingerprint density at radius 2 is 1.77 bits per heavy atom. The standard InChI is InChI=1S/C19H27N3O2S2/c1-11(2)15-6-8-16(9-7-15)22-26(23,24)19-14(5)25-13(4)18(19)17-10-12(3)20-21-17/h6-9,11-12,17,20-22H,10H2,1-5H3. The lowest BCUT2D eigenvalue weighted by Crippen LogP contribution is -2.29. The maximum Gasteiger partial charge on any atom is 0.263 e. The number of nitrogens with one attached hydrogen (secondary N) is 3. The summed E-state index contributed by atoms with van der Waals surface area (Å²) in [6.07, 6.45) is 0.864. The second kappa shape index (κ2) is 7.31. The average Bonchev–Trinajstić information content (AvgIpc) is 3.10. The van der Waals surface area contributed by atoms with Crippen LogP contribution >= 0.6 is 11.3 Å². The van der Waals surface area contributed by atoms with E-state index in [1.807, 2.05) is 38.1 Å². The van der Waals surface area contributed by atoms with Gasteiger partial charge in [0.1, 0.15) is 4.90 Å². The molecular weight excluding hydrogens is 366 g/mol. The first-order chi connectivity index (χ1) is 12.2. The Hall–Kier alpha value is -1.41. The third-order valence-corrected chi connectivity index (χ3v) is 7.52. The molecule has 3 N–H and O–H groups in total. The second-order valence-corrected chi connectivity index (χ2v) is 10.4. The van der Waals surface area contributed by atoms with Gasteiger partial charge in [-0.05, 0) is 50.8 Å². The van der Waals surface area contributed by atoms with Gasteiger partial charge in [0.05, 0.1) is 6.04 Å². The van der Waals surface area contributed by atoms with Gasteiger partial charge in [0, 0.05) is 27.0 Å². The number of benzene rings is 1. The first-order valence-electron chi connectivity index (χ1n) is 8.92.